The zero-order valence-corrected chi connectivity index (χ0v) is 12.2. The number of rotatable bonds is 3. The van der Waals surface area contributed by atoms with Crippen molar-refractivity contribution in [1.29, 1.82) is 0 Å². The monoisotopic (exact) mass is 314 g/mol. The molecule has 21 heavy (non-hydrogen) atoms. The molecule has 2 N–H and O–H groups in total. The summed E-state index contributed by atoms with van der Waals surface area (Å²) in [6, 6.07) is 6.69. The number of Topliss-reactive ketones (excluding diaryl/α,β-unsaturated/α-hetero) is 1. The van der Waals surface area contributed by atoms with E-state index in [4.69, 9.17) is 5.73 Å². The maximum atomic E-state index is 12.6. The second-order valence-corrected chi connectivity index (χ2v) is 6.13. The molecule has 0 atom stereocenters. The summed E-state index contributed by atoms with van der Waals surface area (Å²) in [7, 11) is 0. The molecule has 0 unspecified atom stereocenters. The van der Waals surface area contributed by atoms with Crippen molar-refractivity contribution < 1.29 is 18.0 Å². The molecule has 0 aliphatic rings. The van der Waals surface area contributed by atoms with Gasteiger partial charge in [0.1, 0.15) is 0 Å². The third kappa shape index (κ3) is 3.07. The van der Waals surface area contributed by atoms with Gasteiger partial charge < -0.3 is 5.73 Å². The fourth-order valence-electron chi connectivity index (χ4n) is 1.85. The van der Waals surface area contributed by atoms with Gasteiger partial charge in [-0.1, -0.05) is 12.1 Å². The predicted molar refractivity (Wildman–Crippen MR) is 75.3 cm³/mol. The Balaban J connectivity index is 2.34. The Labute approximate surface area is 123 Å². The van der Waals surface area contributed by atoms with E-state index in [2.05, 4.69) is 4.98 Å². The summed E-state index contributed by atoms with van der Waals surface area (Å²) < 4.78 is 37.7. The molecule has 0 fully saturated rings. The SMILES string of the molecule is CC(C)(C(=O)c1cnc(C(F)(F)F)s1)c1ccc(N)cc1. The quantitative estimate of drug-likeness (QED) is 0.690. The molecule has 3 nitrogen and oxygen atoms in total. The van der Waals surface area contributed by atoms with Crippen LogP contribution in [0.5, 0.6) is 0 Å². The highest BCUT2D eigenvalue weighted by molar-refractivity contribution is 7.13. The van der Waals surface area contributed by atoms with Crippen molar-refractivity contribution in [2.75, 3.05) is 5.73 Å². The van der Waals surface area contributed by atoms with Gasteiger partial charge in [-0.05, 0) is 31.5 Å². The summed E-state index contributed by atoms with van der Waals surface area (Å²) in [5, 5.41) is -1.01. The minimum absolute atomic E-state index is 0.0100. The Morgan fingerprint density at radius 2 is 1.76 bits per heavy atom. The number of carbonyl (C=O) groups is 1. The van der Waals surface area contributed by atoms with E-state index in [1.165, 1.54) is 0 Å². The van der Waals surface area contributed by atoms with E-state index in [1.807, 2.05) is 0 Å². The first-order valence-electron chi connectivity index (χ1n) is 6.06. The topological polar surface area (TPSA) is 56.0 Å². The van der Waals surface area contributed by atoms with Gasteiger partial charge in [0.25, 0.3) is 0 Å². The van der Waals surface area contributed by atoms with E-state index in [0.29, 0.717) is 22.6 Å². The van der Waals surface area contributed by atoms with E-state index in [-0.39, 0.29) is 4.88 Å². The third-order valence-electron chi connectivity index (χ3n) is 3.17. The first kappa shape index (κ1) is 15.5. The van der Waals surface area contributed by atoms with Gasteiger partial charge in [-0.2, -0.15) is 13.2 Å². The maximum Gasteiger partial charge on any atom is 0.443 e. The number of halogens is 3. The number of nitrogens with two attached hydrogens (primary N) is 1. The summed E-state index contributed by atoms with van der Waals surface area (Å²) >= 11 is 0.362. The number of hydrogen-bond acceptors (Lipinski definition) is 4. The number of aromatic nitrogens is 1. The zero-order valence-electron chi connectivity index (χ0n) is 11.4. The van der Waals surface area contributed by atoms with E-state index < -0.39 is 22.4 Å². The highest BCUT2D eigenvalue weighted by Gasteiger charge is 2.38. The van der Waals surface area contributed by atoms with Gasteiger partial charge in [0.05, 0.1) is 10.3 Å². The summed E-state index contributed by atoms with van der Waals surface area (Å²) in [6.45, 7) is 3.32. The Morgan fingerprint density at radius 1 is 1.19 bits per heavy atom. The minimum atomic E-state index is -4.53. The smallest absolute Gasteiger partial charge is 0.399 e. The Hall–Kier alpha value is -1.89. The Kier molecular flexibility index (Phi) is 3.79. The molecule has 1 heterocycles. The molecule has 0 aliphatic heterocycles. The van der Waals surface area contributed by atoms with Crippen LogP contribution in [0.1, 0.15) is 34.1 Å². The van der Waals surface area contributed by atoms with Crippen molar-refractivity contribution in [3.63, 3.8) is 0 Å². The Bertz CT molecular complexity index is 660. The van der Waals surface area contributed by atoms with Crippen molar-refractivity contribution in [3.8, 4) is 0 Å². The van der Waals surface area contributed by atoms with Gasteiger partial charge in [-0.25, -0.2) is 4.98 Å². The molecule has 1 aromatic carbocycles. The van der Waals surface area contributed by atoms with E-state index in [0.717, 1.165) is 6.20 Å². The van der Waals surface area contributed by atoms with Gasteiger partial charge in [0.15, 0.2) is 10.8 Å². The molecule has 0 spiro atoms. The molecule has 0 radical (unpaired) electrons. The third-order valence-corrected chi connectivity index (χ3v) is 4.21. The van der Waals surface area contributed by atoms with Crippen LogP contribution in [0.2, 0.25) is 0 Å². The summed E-state index contributed by atoms with van der Waals surface area (Å²) in [5.41, 5.74) is 5.87. The minimum Gasteiger partial charge on any atom is -0.399 e. The van der Waals surface area contributed by atoms with Crippen molar-refractivity contribution >= 4 is 22.8 Å². The number of carbonyl (C=O) groups excluding carboxylic acids is 1. The molecule has 2 aromatic rings. The molecule has 0 saturated carbocycles. The van der Waals surface area contributed by atoms with Crippen molar-refractivity contribution in [2.45, 2.75) is 25.4 Å². The van der Waals surface area contributed by atoms with Crippen LogP contribution >= 0.6 is 11.3 Å². The van der Waals surface area contributed by atoms with Crippen molar-refractivity contribution in [1.82, 2.24) is 4.98 Å². The molecule has 7 heteroatoms. The lowest BCUT2D eigenvalue weighted by atomic mass is 9.80. The van der Waals surface area contributed by atoms with Gasteiger partial charge in [-0.3, -0.25) is 4.79 Å². The average molecular weight is 314 g/mol. The van der Waals surface area contributed by atoms with Crippen LogP contribution in [0.15, 0.2) is 30.5 Å². The molecule has 0 amide bonds. The van der Waals surface area contributed by atoms with Gasteiger partial charge in [-0.15, -0.1) is 11.3 Å². The highest BCUT2D eigenvalue weighted by atomic mass is 32.1. The number of alkyl halides is 3. The normalized spacial score (nSPS) is 12.4. The number of hydrogen-bond donors (Lipinski definition) is 1. The number of nitrogens with zero attached hydrogens (tertiary/aromatic N) is 1. The number of benzene rings is 1. The molecule has 2 rings (SSSR count). The number of ketones is 1. The van der Waals surface area contributed by atoms with Crippen LogP contribution in [0.3, 0.4) is 0 Å². The van der Waals surface area contributed by atoms with E-state index >= 15 is 0 Å². The van der Waals surface area contributed by atoms with Crippen LogP contribution in [-0.4, -0.2) is 10.8 Å². The predicted octanol–water partition coefficient (Wildman–Crippen LogP) is 3.90. The van der Waals surface area contributed by atoms with Gasteiger partial charge in [0.2, 0.25) is 0 Å². The maximum absolute atomic E-state index is 12.6. The van der Waals surface area contributed by atoms with Crippen molar-refractivity contribution in [3.05, 3.63) is 45.9 Å². The lowest BCUT2D eigenvalue weighted by molar-refractivity contribution is -0.137. The van der Waals surface area contributed by atoms with Crippen LogP contribution in [-0.2, 0) is 11.6 Å². The Morgan fingerprint density at radius 3 is 2.24 bits per heavy atom. The fraction of sp³-hybridized carbons (Fsp3) is 0.286. The second kappa shape index (κ2) is 5.14. The first-order valence-corrected chi connectivity index (χ1v) is 6.88. The molecular formula is C14H13F3N2OS. The molecule has 0 bridgehead atoms. The van der Waals surface area contributed by atoms with Crippen LogP contribution < -0.4 is 5.73 Å². The largest absolute Gasteiger partial charge is 0.443 e. The first-order chi connectivity index (χ1) is 9.62. The van der Waals surface area contributed by atoms with E-state index in [9.17, 15) is 18.0 Å². The number of thiazole rings is 1. The van der Waals surface area contributed by atoms with Gasteiger partial charge >= 0.3 is 6.18 Å². The lowest BCUT2D eigenvalue weighted by Gasteiger charge is -2.22. The number of nitrogen functional groups attached to an aromatic ring is 1. The lowest BCUT2D eigenvalue weighted by Crippen LogP contribution is -2.28. The number of anilines is 1. The highest BCUT2D eigenvalue weighted by Crippen LogP contribution is 2.35. The second-order valence-electron chi connectivity index (χ2n) is 5.10. The molecule has 112 valence electrons. The molecular weight excluding hydrogens is 301 g/mol. The summed E-state index contributed by atoms with van der Waals surface area (Å²) in [4.78, 5) is 15.7. The molecule has 0 saturated heterocycles. The van der Waals surface area contributed by atoms with E-state index in [1.54, 1.807) is 38.1 Å². The average Bonchev–Trinajstić information content (AvgIpc) is 2.87. The van der Waals surface area contributed by atoms with Crippen LogP contribution in [0.25, 0.3) is 0 Å². The van der Waals surface area contributed by atoms with Gasteiger partial charge in [0, 0.05) is 11.9 Å². The molecule has 1 aromatic heterocycles. The fourth-order valence-corrected chi connectivity index (χ4v) is 2.73. The van der Waals surface area contributed by atoms with Crippen LogP contribution in [0, 0.1) is 0 Å². The molecule has 0 aliphatic carbocycles. The summed E-state index contributed by atoms with van der Waals surface area (Å²) in [6.07, 6.45) is -3.55. The standard InChI is InChI=1S/C14H13F3N2OS/c1-13(2,8-3-5-9(18)6-4-8)11(20)10-7-19-12(21-10)14(15,16)17/h3-7H,18H2,1-2H3. The zero-order chi connectivity index (χ0) is 15.8. The van der Waals surface area contributed by atoms with Crippen molar-refractivity contribution in [2.24, 2.45) is 0 Å². The summed E-state index contributed by atoms with van der Waals surface area (Å²) in [5.74, 6) is -0.403. The van der Waals surface area contributed by atoms with Crippen LogP contribution in [0.4, 0.5) is 18.9 Å².